The molecule has 82 valence electrons. The number of carbonyl (C=O) groups excluding carboxylic acids is 1. The van der Waals surface area contributed by atoms with Gasteiger partial charge in [0.15, 0.2) is 15.6 Å². The summed E-state index contributed by atoms with van der Waals surface area (Å²) in [7, 11) is -3.03. The van der Waals surface area contributed by atoms with Crippen LogP contribution in [-0.2, 0) is 15.6 Å². The van der Waals surface area contributed by atoms with Crippen LogP contribution in [0.2, 0.25) is 0 Å². The maximum Gasteiger partial charge on any atom is 0.177 e. The molecule has 0 heterocycles. The summed E-state index contributed by atoms with van der Waals surface area (Å²) < 4.78 is 22.0. The predicted molar refractivity (Wildman–Crippen MR) is 60.0 cm³/mol. The molecule has 0 aliphatic rings. The van der Waals surface area contributed by atoms with Crippen LogP contribution in [-0.4, -0.2) is 26.3 Å². The van der Waals surface area contributed by atoms with Crippen LogP contribution in [0.3, 0.4) is 0 Å². The van der Waals surface area contributed by atoms with Crippen molar-refractivity contribution in [3.05, 3.63) is 35.4 Å². The van der Waals surface area contributed by atoms with Gasteiger partial charge in [0.2, 0.25) is 0 Å². The van der Waals surface area contributed by atoms with Crippen molar-refractivity contribution < 1.29 is 13.2 Å². The van der Waals surface area contributed by atoms with Gasteiger partial charge in [0.1, 0.15) is 0 Å². The minimum absolute atomic E-state index is 0.0116. The number of hydrogen-bond acceptors (Lipinski definition) is 3. The molecule has 0 aliphatic heterocycles. The van der Waals surface area contributed by atoms with Crippen molar-refractivity contribution in [2.24, 2.45) is 0 Å². The molecule has 1 aromatic rings. The average Bonchev–Trinajstić information content (AvgIpc) is 2.15. The molecule has 0 spiro atoms. The Bertz CT molecular complexity index is 448. The van der Waals surface area contributed by atoms with Gasteiger partial charge < -0.3 is 0 Å². The molecule has 3 nitrogen and oxygen atoms in total. The second kappa shape index (κ2) is 4.77. The van der Waals surface area contributed by atoms with E-state index in [-0.39, 0.29) is 17.4 Å². The molecule has 0 saturated carbocycles. The first-order valence-corrected chi connectivity index (χ1v) is 6.88. The fourth-order valence-corrected chi connectivity index (χ4v) is 2.12. The molecule has 0 radical (unpaired) electrons. The highest BCUT2D eigenvalue weighted by atomic mass is 35.5. The normalized spacial score (nSPS) is 11.3. The van der Waals surface area contributed by atoms with Crippen LogP contribution < -0.4 is 0 Å². The van der Waals surface area contributed by atoms with E-state index in [2.05, 4.69) is 0 Å². The lowest BCUT2D eigenvalue weighted by Gasteiger charge is -2.01. The number of ketones is 1. The summed E-state index contributed by atoms with van der Waals surface area (Å²) in [5, 5.41) is 0. The monoisotopic (exact) mass is 246 g/mol. The van der Waals surface area contributed by atoms with Crippen LogP contribution in [0.15, 0.2) is 24.3 Å². The van der Waals surface area contributed by atoms with Gasteiger partial charge in [0.05, 0.1) is 11.6 Å². The lowest BCUT2D eigenvalue weighted by atomic mass is 10.1. The molecular formula is C10H11ClO3S. The van der Waals surface area contributed by atoms with Crippen LogP contribution in [0.4, 0.5) is 0 Å². The standard InChI is InChI=1S/C10H11ClO3S/c1-15(13,14)7-8-2-4-9(5-3-8)10(12)6-11/h2-5H,6-7H2,1H3. The van der Waals surface area contributed by atoms with E-state index in [1.165, 1.54) is 6.26 Å². The minimum Gasteiger partial charge on any atom is -0.293 e. The van der Waals surface area contributed by atoms with E-state index in [1.54, 1.807) is 24.3 Å². The predicted octanol–water partition coefficient (Wildman–Crippen LogP) is 1.65. The van der Waals surface area contributed by atoms with E-state index in [0.29, 0.717) is 11.1 Å². The number of benzene rings is 1. The van der Waals surface area contributed by atoms with Crippen LogP contribution >= 0.6 is 11.6 Å². The van der Waals surface area contributed by atoms with E-state index in [0.717, 1.165) is 0 Å². The summed E-state index contributed by atoms with van der Waals surface area (Å²) in [5.74, 6) is -0.240. The van der Waals surface area contributed by atoms with Crippen LogP contribution in [0.25, 0.3) is 0 Å². The Balaban J connectivity index is 2.86. The van der Waals surface area contributed by atoms with Gasteiger partial charge >= 0.3 is 0 Å². The lowest BCUT2D eigenvalue weighted by Crippen LogP contribution is -2.03. The molecule has 0 fully saturated rings. The third-order valence-electron chi connectivity index (χ3n) is 1.83. The van der Waals surface area contributed by atoms with Gasteiger partial charge in [-0.1, -0.05) is 24.3 Å². The largest absolute Gasteiger partial charge is 0.293 e. The van der Waals surface area contributed by atoms with E-state index in [4.69, 9.17) is 11.6 Å². The fraction of sp³-hybridized carbons (Fsp3) is 0.300. The summed E-state index contributed by atoms with van der Waals surface area (Å²) in [6, 6.07) is 6.43. The number of hydrogen-bond donors (Lipinski definition) is 0. The van der Waals surface area contributed by atoms with E-state index in [9.17, 15) is 13.2 Å². The zero-order chi connectivity index (χ0) is 11.5. The van der Waals surface area contributed by atoms with Gasteiger partial charge in [0.25, 0.3) is 0 Å². The number of carbonyl (C=O) groups is 1. The van der Waals surface area contributed by atoms with Gasteiger partial charge in [-0.05, 0) is 5.56 Å². The Labute approximate surface area is 94.0 Å². The number of rotatable bonds is 4. The van der Waals surface area contributed by atoms with Crippen molar-refractivity contribution in [1.82, 2.24) is 0 Å². The zero-order valence-corrected chi connectivity index (χ0v) is 9.81. The summed E-state index contributed by atoms with van der Waals surface area (Å²) in [6.07, 6.45) is 1.17. The maximum atomic E-state index is 11.2. The quantitative estimate of drug-likeness (QED) is 0.600. The van der Waals surface area contributed by atoms with Gasteiger partial charge in [0, 0.05) is 11.8 Å². The zero-order valence-electron chi connectivity index (χ0n) is 8.23. The lowest BCUT2D eigenvalue weighted by molar-refractivity contribution is 0.102. The molecular weight excluding hydrogens is 236 g/mol. The summed E-state index contributed by atoms with van der Waals surface area (Å²) in [6.45, 7) is 0. The smallest absolute Gasteiger partial charge is 0.177 e. The Hall–Kier alpha value is -0.870. The molecule has 1 rings (SSSR count). The first kappa shape index (κ1) is 12.2. The van der Waals surface area contributed by atoms with Gasteiger partial charge in [-0.15, -0.1) is 11.6 Å². The highest BCUT2D eigenvalue weighted by Gasteiger charge is 2.06. The Kier molecular flexibility index (Phi) is 3.88. The molecule has 0 saturated heterocycles. The Morgan fingerprint density at radius 2 is 1.80 bits per heavy atom. The second-order valence-electron chi connectivity index (χ2n) is 3.32. The molecule has 0 bridgehead atoms. The fourth-order valence-electron chi connectivity index (χ4n) is 1.17. The molecule has 0 N–H and O–H groups in total. The minimum atomic E-state index is -3.03. The summed E-state index contributed by atoms with van der Waals surface area (Å²) >= 11 is 5.39. The van der Waals surface area contributed by atoms with Crippen molar-refractivity contribution in [1.29, 1.82) is 0 Å². The van der Waals surface area contributed by atoms with Crippen LogP contribution in [0, 0.1) is 0 Å². The van der Waals surface area contributed by atoms with Gasteiger partial charge in [-0.2, -0.15) is 0 Å². The van der Waals surface area contributed by atoms with Crippen molar-refractivity contribution >= 4 is 27.2 Å². The second-order valence-corrected chi connectivity index (χ2v) is 5.73. The summed E-state index contributed by atoms with van der Waals surface area (Å²) in [4.78, 5) is 11.2. The van der Waals surface area contributed by atoms with E-state index >= 15 is 0 Å². The molecule has 0 amide bonds. The molecule has 0 unspecified atom stereocenters. The van der Waals surface area contributed by atoms with Crippen molar-refractivity contribution in [3.8, 4) is 0 Å². The topological polar surface area (TPSA) is 51.2 Å². The third kappa shape index (κ3) is 4.01. The third-order valence-corrected chi connectivity index (χ3v) is 2.93. The molecule has 15 heavy (non-hydrogen) atoms. The van der Waals surface area contributed by atoms with Gasteiger partial charge in [-0.3, -0.25) is 4.79 Å². The Morgan fingerprint density at radius 3 is 2.20 bits per heavy atom. The molecule has 1 aromatic carbocycles. The van der Waals surface area contributed by atoms with Crippen molar-refractivity contribution in [2.45, 2.75) is 5.75 Å². The van der Waals surface area contributed by atoms with E-state index < -0.39 is 9.84 Å². The van der Waals surface area contributed by atoms with E-state index in [1.807, 2.05) is 0 Å². The highest BCUT2D eigenvalue weighted by molar-refractivity contribution is 7.89. The molecule has 0 atom stereocenters. The SMILES string of the molecule is CS(=O)(=O)Cc1ccc(C(=O)CCl)cc1. The summed E-state index contributed by atoms with van der Waals surface area (Å²) in [5.41, 5.74) is 1.17. The number of halogens is 1. The van der Waals surface area contributed by atoms with Crippen molar-refractivity contribution in [2.75, 3.05) is 12.1 Å². The Morgan fingerprint density at radius 1 is 1.27 bits per heavy atom. The highest BCUT2D eigenvalue weighted by Crippen LogP contribution is 2.08. The molecule has 0 aliphatic carbocycles. The first-order valence-electron chi connectivity index (χ1n) is 4.28. The number of sulfone groups is 1. The molecule has 0 aromatic heterocycles. The van der Waals surface area contributed by atoms with Gasteiger partial charge in [-0.25, -0.2) is 8.42 Å². The van der Waals surface area contributed by atoms with Crippen molar-refractivity contribution in [3.63, 3.8) is 0 Å². The molecule has 5 heteroatoms. The van der Waals surface area contributed by atoms with Crippen LogP contribution in [0.1, 0.15) is 15.9 Å². The maximum absolute atomic E-state index is 11.2. The van der Waals surface area contributed by atoms with Crippen LogP contribution in [0.5, 0.6) is 0 Å². The first-order chi connectivity index (χ1) is 6.92. The number of alkyl halides is 1. The average molecular weight is 247 g/mol. The number of Topliss-reactive ketones (excluding diaryl/α,β-unsaturated/α-hetero) is 1.